The molecule has 3 heterocycles. The van der Waals surface area contributed by atoms with Crippen molar-refractivity contribution >= 4 is 10.9 Å². The summed E-state index contributed by atoms with van der Waals surface area (Å²) in [6.45, 7) is 3.75. The Morgan fingerprint density at radius 1 is 1.25 bits per heavy atom. The van der Waals surface area contributed by atoms with Crippen LogP contribution >= 0.6 is 0 Å². The summed E-state index contributed by atoms with van der Waals surface area (Å²) in [5, 5.41) is 1.32. The Hall–Kier alpha value is -2.24. The molecule has 0 unspecified atom stereocenters. The molecule has 1 saturated heterocycles. The Kier molecular flexibility index (Phi) is 4.53. The monoisotopic (exact) mass is 322 g/mol. The minimum Gasteiger partial charge on any atom is -0.376 e. The minimum atomic E-state index is 0.277. The van der Waals surface area contributed by atoms with Crippen LogP contribution in [0, 0.1) is 0 Å². The van der Waals surface area contributed by atoms with E-state index >= 15 is 0 Å². The van der Waals surface area contributed by atoms with Crippen molar-refractivity contribution in [1.29, 1.82) is 0 Å². The van der Waals surface area contributed by atoms with Crippen LogP contribution in [-0.2, 0) is 17.7 Å². The first kappa shape index (κ1) is 15.3. The molecule has 2 aromatic heterocycles. The van der Waals surface area contributed by atoms with Crippen molar-refractivity contribution < 1.29 is 4.74 Å². The maximum atomic E-state index is 5.95. The Balaban J connectivity index is 1.37. The molecule has 5 nitrogen and oxygen atoms in total. The highest BCUT2D eigenvalue weighted by molar-refractivity contribution is 5.82. The highest BCUT2D eigenvalue weighted by Gasteiger charge is 2.21. The molecule has 4 rings (SSSR count). The molecule has 5 heteroatoms. The van der Waals surface area contributed by atoms with Gasteiger partial charge >= 0.3 is 0 Å². The van der Waals surface area contributed by atoms with Gasteiger partial charge in [-0.05, 0) is 36.6 Å². The second kappa shape index (κ2) is 7.11. The molecule has 0 radical (unpaired) electrons. The molecular formula is C19H22N4O. The summed E-state index contributed by atoms with van der Waals surface area (Å²) >= 11 is 0. The number of nitrogens with zero attached hydrogens (tertiary/aromatic N) is 3. The number of H-pyrrole nitrogens is 1. The molecule has 1 aliphatic heterocycles. The maximum Gasteiger partial charge on any atom is 0.115 e. The molecule has 124 valence electrons. The fraction of sp³-hybridized carbons (Fsp3) is 0.368. The second-order valence-corrected chi connectivity index (χ2v) is 6.32. The number of ether oxygens (including phenoxy) is 1. The molecule has 1 aliphatic rings. The van der Waals surface area contributed by atoms with Gasteiger partial charge in [-0.3, -0.25) is 4.90 Å². The molecule has 0 spiro atoms. The van der Waals surface area contributed by atoms with Gasteiger partial charge in [-0.2, -0.15) is 0 Å². The summed E-state index contributed by atoms with van der Waals surface area (Å²) in [7, 11) is 0. The van der Waals surface area contributed by atoms with E-state index in [-0.39, 0.29) is 6.10 Å². The van der Waals surface area contributed by atoms with E-state index in [9.17, 15) is 0 Å². The lowest BCUT2D eigenvalue weighted by atomic mass is 10.1. The fourth-order valence-electron chi connectivity index (χ4n) is 3.40. The van der Waals surface area contributed by atoms with Crippen LogP contribution in [0.2, 0.25) is 0 Å². The highest BCUT2D eigenvalue weighted by atomic mass is 16.5. The zero-order chi connectivity index (χ0) is 16.2. The van der Waals surface area contributed by atoms with Gasteiger partial charge in [-0.15, -0.1) is 0 Å². The molecule has 0 aliphatic carbocycles. The molecule has 0 saturated carbocycles. The fourth-order valence-corrected chi connectivity index (χ4v) is 3.40. The number of aryl methyl sites for hydroxylation is 1. The maximum absolute atomic E-state index is 5.95. The van der Waals surface area contributed by atoms with Crippen LogP contribution in [0.5, 0.6) is 0 Å². The van der Waals surface area contributed by atoms with Crippen molar-refractivity contribution in [1.82, 2.24) is 19.9 Å². The number of aromatic amines is 1. The van der Waals surface area contributed by atoms with Crippen molar-refractivity contribution in [3.8, 4) is 0 Å². The third-order valence-electron chi connectivity index (χ3n) is 4.67. The van der Waals surface area contributed by atoms with Crippen LogP contribution in [0.3, 0.4) is 0 Å². The first-order chi connectivity index (χ1) is 11.9. The highest BCUT2D eigenvalue weighted by Crippen LogP contribution is 2.21. The van der Waals surface area contributed by atoms with Gasteiger partial charge in [-0.25, -0.2) is 9.97 Å². The van der Waals surface area contributed by atoms with E-state index in [1.54, 1.807) is 12.5 Å². The van der Waals surface area contributed by atoms with Crippen LogP contribution in [0.1, 0.15) is 17.7 Å². The average molecular weight is 322 g/mol. The second-order valence-electron chi connectivity index (χ2n) is 6.32. The Morgan fingerprint density at radius 3 is 3.17 bits per heavy atom. The number of fused-ring (bicyclic) bond motifs is 1. The van der Waals surface area contributed by atoms with Crippen LogP contribution < -0.4 is 0 Å². The molecule has 0 amide bonds. The Bertz CT molecular complexity index is 786. The van der Waals surface area contributed by atoms with E-state index in [4.69, 9.17) is 4.74 Å². The number of hydrogen-bond acceptors (Lipinski definition) is 4. The lowest BCUT2D eigenvalue weighted by Gasteiger charge is -2.33. The quantitative estimate of drug-likeness (QED) is 0.785. The number of aromatic nitrogens is 3. The molecule has 1 N–H and O–H groups in total. The zero-order valence-electron chi connectivity index (χ0n) is 13.7. The van der Waals surface area contributed by atoms with E-state index in [2.05, 4.69) is 44.1 Å². The summed E-state index contributed by atoms with van der Waals surface area (Å²) in [5.74, 6) is 0. The summed E-state index contributed by atoms with van der Waals surface area (Å²) < 4.78 is 5.95. The lowest BCUT2D eigenvalue weighted by Crippen LogP contribution is -2.42. The van der Waals surface area contributed by atoms with Crippen LogP contribution in [-0.4, -0.2) is 45.7 Å². The van der Waals surface area contributed by atoms with Gasteiger partial charge in [-0.1, -0.05) is 12.1 Å². The predicted octanol–water partition coefficient (Wildman–Crippen LogP) is 2.79. The average Bonchev–Trinajstić information content (AvgIpc) is 3.11. The summed E-state index contributed by atoms with van der Waals surface area (Å²) in [6.07, 6.45) is 7.64. The smallest absolute Gasteiger partial charge is 0.115 e. The SMILES string of the molecule is c1cc(CN2CCO[C@@H](CCc3ccncn3)C2)c2cc[nH]c2c1. The van der Waals surface area contributed by atoms with E-state index in [0.29, 0.717) is 0 Å². The Morgan fingerprint density at radius 2 is 2.25 bits per heavy atom. The Labute approximate surface area is 141 Å². The molecular weight excluding hydrogens is 300 g/mol. The van der Waals surface area contributed by atoms with E-state index in [0.717, 1.165) is 44.8 Å². The van der Waals surface area contributed by atoms with Crippen LogP contribution in [0.4, 0.5) is 0 Å². The van der Waals surface area contributed by atoms with Gasteiger partial charge in [0.05, 0.1) is 12.7 Å². The zero-order valence-corrected chi connectivity index (χ0v) is 13.7. The number of rotatable bonds is 5. The summed E-state index contributed by atoms with van der Waals surface area (Å²) in [4.78, 5) is 14.0. The van der Waals surface area contributed by atoms with Gasteiger partial charge in [0.15, 0.2) is 0 Å². The van der Waals surface area contributed by atoms with Crippen molar-refractivity contribution in [3.05, 3.63) is 60.3 Å². The van der Waals surface area contributed by atoms with Crippen molar-refractivity contribution in [2.45, 2.75) is 25.5 Å². The van der Waals surface area contributed by atoms with E-state index in [1.807, 2.05) is 12.3 Å². The third kappa shape index (κ3) is 3.47. The van der Waals surface area contributed by atoms with Gasteiger partial charge in [0.25, 0.3) is 0 Å². The lowest BCUT2D eigenvalue weighted by molar-refractivity contribution is -0.0345. The summed E-state index contributed by atoms with van der Waals surface area (Å²) in [6, 6.07) is 10.6. The van der Waals surface area contributed by atoms with Crippen molar-refractivity contribution in [2.24, 2.45) is 0 Å². The van der Waals surface area contributed by atoms with Crippen LogP contribution in [0.25, 0.3) is 10.9 Å². The van der Waals surface area contributed by atoms with Crippen molar-refractivity contribution in [3.63, 3.8) is 0 Å². The molecule has 0 bridgehead atoms. The molecule has 24 heavy (non-hydrogen) atoms. The number of morpholine rings is 1. The van der Waals surface area contributed by atoms with Gasteiger partial charge in [0.2, 0.25) is 0 Å². The molecule has 1 aromatic carbocycles. The van der Waals surface area contributed by atoms with Gasteiger partial charge < -0.3 is 9.72 Å². The molecule has 3 aromatic rings. The predicted molar refractivity (Wildman–Crippen MR) is 93.7 cm³/mol. The number of benzene rings is 1. The topological polar surface area (TPSA) is 54.0 Å². The molecule has 1 atom stereocenters. The minimum absolute atomic E-state index is 0.277. The van der Waals surface area contributed by atoms with Gasteiger partial charge in [0, 0.05) is 48.6 Å². The number of nitrogens with one attached hydrogen (secondary N) is 1. The molecule has 1 fully saturated rings. The summed E-state index contributed by atoms with van der Waals surface area (Å²) in [5.41, 5.74) is 3.68. The largest absolute Gasteiger partial charge is 0.376 e. The van der Waals surface area contributed by atoms with E-state index in [1.165, 1.54) is 16.5 Å². The van der Waals surface area contributed by atoms with Gasteiger partial charge in [0.1, 0.15) is 6.33 Å². The van der Waals surface area contributed by atoms with E-state index < -0.39 is 0 Å². The number of hydrogen-bond donors (Lipinski definition) is 1. The van der Waals surface area contributed by atoms with Crippen LogP contribution in [0.15, 0.2) is 49.1 Å². The van der Waals surface area contributed by atoms with Crippen molar-refractivity contribution in [2.75, 3.05) is 19.7 Å². The first-order valence-corrected chi connectivity index (χ1v) is 8.52. The third-order valence-corrected chi connectivity index (χ3v) is 4.67. The normalized spacial score (nSPS) is 18.9. The first-order valence-electron chi connectivity index (χ1n) is 8.52. The standard InChI is InChI=1S/C19H22N4O/c1-2-15(18-7-9-21-19(18)3-1)12-23-10-11-24-17(13-23)5-4-16-6-8-20-14-22-16/h1-3,6-9,14,17,21H,4-5,10-13H2/t17-/m0/s1.